The fourth-order valence-electron chi connectivity index (χ4n) is 2.84. The quantitative estimate of drug-likeness (QED) is 0.860. The summed E-state index contributed by atoms with van der Waals surface area (Å²) in [5.41, 5.74) is 0.848. The minimum Gasteiger partial charge on any atom is -0.472 e. The molecule has 3 rings (SSSR count). The Balaban J connectivity index is 1.61. The van der Waals surface area contributed by atoms with Crippen molar-refractivity contribution in [1.29, 1.82) is 0 Å². The predicted octanol–water partition coefficient (Wildman–Crippen LogP) is 2.24. The van der Waals surface area contributed by atoms with Gasteiger partial charge in [-0.3, -0.25) is 4.90 Å². The van der Waals surface area contributed by atoms with Gasteiger partial charge in [-0.2, -0.15) is 4.98 Å². The summed E-state index contributed by atoms with van der Waals surface area (Å²) < 4.78 is 10.4. The van der Waals surface area contributed by atoms with Crippen LogP contribution in [0.5, 0.6) is 0 Å². The average Bonchev–Trinajstić information content (AvgIpc) is 3.12. The van der Waals surface area contributed by atoms with E-state index in [0.717, 1.165) is 12.1 Å². The van der Waals surface area contributed by atoms with Crippen LogP contribution in [0, 0.1) is 0 Å². The van der Waals surface area contributed by atoms with Crippen LogP contribution < -0.4 is 0 Å². The number of aromatic nitrogens is 2. The topological polar surface area (TPSA) is 58.5 Å². The van der Waals surface area contributed by atoms with E-state index in [1.807, 2.05) is 6.07 Å². The van der Waals surface area contributed by atoms with Gasteiger partial charge in [-0.15, -0.1) is 0 Å². The molecule has 21 heavy (non-hydrogen) atoms. The number of nitrogens with zero attached hydrogens (tertiary/aromatic N) is 4. The lowest BCUT2D eigenvalue weighted by Gasteiger charge is -2.38. The zero-order valence-corrected chi connectivity index (χ0v) is 12.8. The first kappa shape index (κ1) is 14.3. The summed E-state index contributed by atoms with van der Waals surface area (Å²) in [5.74, 6) is 1.24. The molecule has 0 amide bonds. The van der Waals surface area contributed by atoms with Gasteiger partial charge in [0.15, 0.2) is 0 Å². The molecule has 0 bridgehead atoms. The van der Waals surface area contributed by atoms with E-state index in [9.17, 15) is 0 Å². The van der Waals surface area contributed by atoms with Crippen molar-refractivity contribution in [1.82, 2.24) is 19.9 Å². The Morgan fingerprint density at radius 1 is 1.48 bits per heavy atom. The molecule has 2 aromatic rings. The standard InChI is InChI=1S/C15H22N4O2/c1-11-8-13(4-6-18(11)2)19(3)9-14-16-15(17-21-14)12-5-7-20-10-12/h5,7,10-11,13H,4,6,8-9H2,1-3H3/t11-,13+/m0/s1. The van der Waals surface area contributed by atoms with Gasteiger partial charge in [-0.05, 0) is 46.5 Å². The van der Waals surface area contributed by atoms with Crippen LogP contribution in [0.15, 0.2) is 27.5 Å². The smallest absolute Gasteiger partial charge is 0.241 e. The van der Waals surface area contributed by atoms with Gasteiger partial charge in [0.1, 0.15) is 6.26 Å². The molecule has 1 aliphatic heterocycles. The fraction of sp³-hybridized carbons (Fsp3) is 0.600. The van der Waals surface area contributed by atoms with Gasteiger partial charge >= 0.3 is 0 Å². The van der Waals surface area contributed by atoms with Gasteiger partial charge in [-0.25, -0.2) is 0 Å². The second-order valence-electron chi connectivity index (χ2n) is 5.95. The van der Waals surface area contributed by atoms with Crippen molar-refractivity contribution in [2.75, 3.05) is 20.6 Å². The third kappa shape index (κ3) is 3.16. The van der Waals surface area contributed by atoms with E-state index < -0.39 is 0 Å². The highest BCUT2D eigenvalue weighted by Gasteiger charge is 2.26. The average molecular weight is 290 g/mol. The zero-order chi connectivity index (χ0) is 14.8. The maximum absolute atomic E-state index is 5.34. The van der Waals surface area contributed by atoms with Gasteiger partial charge in [0.2, 0.25) is 11.7 Å². The molecule has 0 radical (unpaired) electrons. The van der Waals surface area contributed by atoms with Crippen molar-refractivity contribution in [3.63, 3.8) is 0 Å². The molecule has 114 valence electrons. The number of piperidine rings is 1. The van der Waals surface area contributed by atoms with Crippen molar-refractivity contribution in [2.24, 2.45) is 0 Å². The monoisotopic (exact) mass is 290 g/mol. The molecule has 0 aliphatic carbocycles. The maximum atomic E-state index is 5.34. The number of hydrogen-bond acceptors (Lipinski definition) is 6. The van der Waals surface area contributed by atoms with E-state index in [1.54, 1.807) is 12.5 Å². The summed E-state index contributed by atoms with van der Waals surface area (Å²) in [6.07, 6.45) is 5.59. The van der Waals surface area contributed by atoms with E-state index in [0.29, 0.717) is 30.3 Å². The normalized spacial score (nSPS) is 23.8. The molecule has 1 aliphatic rings. The minimum atomic E-state index is 0.570. The second-order valence-corrected chi connectivity index (χ2v) is 5.95. The van der Waals surface area contributed by atoms with Crippen LogP contribution >= 0.6 is 0 Å². The Kier molecular flexibility index (Phi) is 4.07. The predicted molar refractivity (Wildman–Crippen MR) is 78.6 cm³/mol. The maximum Gasteiger partial charge on any atom is 0.241 e. The summed E-state index contributed by atoms with van der Waals surface area (Å²) in [7, 11) is 4.32. The molecule has 1 saturated heterocycles. The Morgan fingerprint density at radius 3 is 3.05 bits per heavy atom. The number of hydrogen-bond donors (Lipinski definition) is 0. The van der Waals surface area contributed by atoms with Crippen molar-refractivity contribution < 1.29 is 8.94 Å². The van der Waals surface area contributed by atoms with Crippen molar-refractivity contribution in [3.05, 3.63) is 24.5 Å². The Hall–Kier alpha value is -1.66. The summed E-state index contributed by atoms with van der Waals surface area (Å²) in [4.78, 5) is 9.16. The molecule has 0 N–H and O–H groups in total. The molecule has 0 saturated carbocycles. The van der Waals surface area contributed by atoms with E-state index in [4.69, 9.17) is 8.94 Å². The second kappa shape index (κ2) is 5.99. The lowest BCUT2D eigenvalue weighted by atomic mass is 9.98. The van der Waals surface area contributed by atoms with E-state index in [1.165, 1.54) is 12.8 Å². The Morgan fingerprint density at radius 2 is 2.33 bits per heavy atom. The first-order chi connectivity index (χ1) is 10.1. The zero-order valence-electron chi connectivity index (χ0n) is 12.8. The molecule has 6 nitrogen and oxygen atoms in total. The summed E-state index contributed by atoms with van der Waals surface area (Å²) in [6.45, 7) is 4.11. The van der Waals surface area contributed by atoms with E-state index in [-0.39, 0.29) is 0 Å². The van der Waals surface area contributed by atoms with E-state index in [2.05, 4.69) is 41.0 Å². The highest BCUT2D eigenvalue weighted by Crippen LogP contribution is 2.21. The highest BCUT2D eigenvalue weighted by molar-refractivity contribution is 5.51. The highest BCUT2D eigenvalue weighted by atomic mass is 16.5. The minimum absolute atomic E-state index is 0.570. The number of likely N-dealkylation sites (tertiary alicyclic amines) is 1. The first-order valence-corrected chi connectivity index (χ1v) is 7.39. The van der Waals surface area contributed by atoms with Gasteiger partial charge < -0.3 is 13.8 Å². The van der Waals surface area contributed by atoms with Crippen LogP contribution in [-0.4, -0.2) is 52.7 Å². The molecule has 6 heteroatoms. The fourth-order valence-corrected chi connectivity index (χ4v) is 2.84. The largest absolute Gasteiger partial charge is 0.472 e. The van der Waals surface area contributed by atoms with Gasteiger partial charge in [0.05, 0.1) is 18.4 Å². The molecule has 0 aromatic carbocycles. The third-order valence-corrected chi connectivity index (χ3v) is 4.44. The molecule has 0 spiro atoms. The molecule has 3 heterocycles. The molecular formula is C15H22N4O2. The van der Waals surface area contributed by atoms with Crippen LogP contribution in [0.25, 0.3) is 11.4 Å². The van der Waals surface area contributed by atoms with Gasteiger partial charge in [0.25, 0.3) is 0 Å². The molecular weight excluding hydrogens is 268 g/mol. The van der Waals surface area contributed by atoms with Crippen LogP contribution in [0.4, 0.5) is 0 Å². The van der Waals surface area contributed by atoms with Crippen molar-refractivity contribution >= 4 is 0 Å². The lowest BCUT2D eigenvalue weighted by molar-refractivity contribution is 0.0938. The summed E-state index contributed by atoms with van der Waals surface area (Å²) in [5, 5.41) is 4.00. The van der Waals surface area contributed by atoms with Crippen molar-refractivity contribution in [3.8, 4) is 11.4 Å². The number of furan rings is 1. The first-order valence-electron chi connectivity index (χ1n) is 7.39. The van der Waals surface area contributed by atoms with E-state index >= 15 is 0 Å². The van der Waals surface area contributed by atoms with Crippen molar-refractivity contribution in [2.45, 2.75) is 38.4 Å². The van der Waals surface area contributed by atoms with Gasteiger partial charge in [0, 0.05) is 12.1 Å². The van der Waals surface area contributed by atoms with Crippen LogP contribution in [0.2, 0.25) is 0 Å². The van der Waals surface area contributed by atoms with Gasteiger partial charge in [-0.1, -0.05) is 5.16 Å². The summed E-state index contributed by atoms with van der Waals surface area (Å²) >= 11 is 0. The molecule has 2 aromatic heterocycles. The van der Waals surface area contributed by atoms with Crippen LogP contribution in [0.3, 0.4) is 0 Å². The molecule has 2 atom stereocenters. The number of rotatable bonds is 4. The molecule has 1 fully saturated rings. The Bertz CT molecular complexity index is 566. The third-order valence-electron chi connectivity index (χ3n) is 4.44. The van der Waals surface area contributed by atoms with Crippen LogP contribution in [0.1, 0.15) is 25.7 Å². The van der Waals surface area contributed by atoms with Crippen LogP contribution in [-0.2, 0) is 6.54 Å². The lowest BCUT2D eigenvalue weighted by Crippen LogP contribution is -2.46. The summed E-state index contributed by atoms with van der Waals surface area (Å²) in [6, 6.07) is 3.02. The SMILES string of the molecule is C[C@H]1C[C@H](N(C)Cc2nc(-c3ccoc3)no2)CCN1C. The molecule has 0 unspecified atom stereocenters. The Labute approximate surface area is 124 Å².